The normalized spacial score (nSPS) is 20.7. The van der Waals surface area contributed by atoms with Crippen molar-refractivity contribution in [2.45, 2.75) is 51.5 Å². The minimum atomic E-state index is 0.402. The molecule has 0 bridgehead atoms. The predicted molar refractivity (Wildman–Crippen MR) is 59.8 cm³/mol. The monoisotopic (exact) mass is 208 g/mol. The number of hydrogen-bond acceptors (Lipinski definition) is 3. The Bertz CT molecular complexity index is 329. The van der Waals surface area contributed by atoms with E-state index >= 15 is 0 Å². The number of aryl methyl sites for hydroxylation is 1. The molecule has 0 radical (unpaired) electrons. The van der Waals surface area contributed by atoms with Crippen LogP contribution in [0.15, 0.2) is 0 Å². The first-order chi connectivity index (χ1) is 7.24. The Morgan fingerprint density at radius 2 is 2.33 bits per heavy atom. The van der Waals surface area contributed by atoms with E-state index in [0.29, 0.717) is 12.0 Å². The van der Waals surface area contributed by atoms with Gasteiger partial charge in [0.2, 0.25) is 0 Å². The molecule has 1 aliphatic rings. The molecule has 0 aliphatic heterocycles. The van der Waals surface area contributed by atoms with Gasteiger partial charge in [0.1, 0.15) is 0 Å². The summed E-state index contributed by atoms with van der Waals surface area (Å²) < 4.78 is 2.08. The lowest BCUT2D eigenvalue weighted by molar-refractivity contribution is 0.438. The molecule has 1 aromatic heterocycles. The summed E-state index contributed by atoms with van der Waals surface area (Å²) in [6.45, 7) is 5.07. The van der Waals surface area contributed by atoms with E-state index in [4.69, 9.17) is 5.73 Å². The van der Waals surface area contributed by atoms with Gasteiger partial charge in [-0.15, -0.1) is 5.10 Å². The summed E-state index contributed by atoms with van der Waals surface area (Å²) in [5.74, 6) is 0.580. The Morgan fingerprint density at radius 3 is 3.00 bits per heavy atom. The first-order valence-corrected chi connectivity index (χ1v) is 5.88. The second kappa shape index (κ2) is 4.31. The minimum absolute atomic E-state index is 0.402. The maximum atomic E-state index is 5.66. The Kier molecular flexibility index (Phi) is 3.05. The fraction of sp³-hybridized carbons (Fsp3) is 0.818. The van der Waals surface area contributed by atoms with Crippen molar-refractivity contribution in [2.24, 2.45) is 5.73 Å². The minimum Gasteiger partial charge on any atom is -0.330 e. The standard InChI is InChI=1S/C11H20N4/c1-8(2)15-11-9(6-7-12)4-3-5-10(11)13-14-15/h8-9H,3-7,12H2,1-2H3. The number of hydrogen-bond donors (Lipinski definition) is 1. The fourth-order valence-corrected chi connectivity index (χ4v) is 2.45. The Hall–Kier alpha value is -0.900. The Labute approximate surface area is 90.8 Å². The zero-order valence-corrected chi connectivity index (χ0v) is 9.61. The van der Waals surface area contributed by atoms with Crippen LogP contribution in [0.4, 0.5) is 0 Å². The number of nitrogens with two attached hydrogens (primary N) is 1. The summed E-state index contributed by atoms with van der Waals surface area (Å²) >= 11 is 0. The number of fused-ring (bicyclic) bond motifs is 1. The molecule has 2 rings (SSSR count). The van der Waals surface area contributed by atoms with Crippen LogP contribution < -0.4 is 5.73 Å². The molecule has 0 saturated heterocycles. The molecule has 0 fully saturated rings. The van der Waals surface area contributed by atoms with Crippen molar-refractivity contribution < 1.29 is 0 Å². The van der Waals surface area contributed by atoms with E-state index in [1.165, 1.54) is 24.2 Å². The van der Waals surface area contributed by atoms with Crippen LogP contribution in [0, 0.1) is 0 Å². The van der Waals surface area contributed by atoms with Crippen LogP contribution in [0.5, 0.6) is 0 Å². The molecule has 0 saturated carbocycles. The summed E-state index contributed by atoms with van der Waals surface area (Å²) in [5.41, 5.74) is 8.21. The molecular formula is C11H20N4. The molecule has 1 heterocycles. The third-order valence-electron chi connectivity index (χ3n) is 3.16. The lowest BCUT2D eigenvalue weighted by Gasteiger charge is -2.23. The molecule has 1 aliphatic carbocycles. The van der Waals surface area contributed by atoms with Gasteiger partial charge in [-0.05, 0) is 46.1 Å². The van der Waals surface area contributed by atoms with E-state index in [-0.39, 0.29) is 0 Å². The van der Waals surface area contributed by atoms with Gasteiger partial charge in [-0.3, -0.25) is 0 Å². The van der Waals surface area contributed by atoms with Gasteiger partial charge < -0.3 is 5.73 Å². The van der Waals surface area contributed by atoms with Gasteiger partial charge in [-0.25, -0.2) is 4.68 Å². The van der Waals surface area contributed by atoms with Crippen molar-refractivity contribution in [3.05, 3.63) is 11.4 Å². The maximum absolute atomic E-state index is 5.66. The van der Waals surface area contributed by atoms with E-state index in [9.17, 15) is 0 Å². The number of rotatable bonds is 3. The van der Waals surface area contributed by atoms with Gasteiger partial charge in [0.15, 0.2) is 0 Å². The molecule has 0 aromatic carbocycles. The summed E-state index contributed by atoms with van der Waals surface area (Å²) in [6.07, 6.45) is 4.62. The smallest absolute Gasteiger partial charge is 0.0862 e. The Balaban J connectivity index is 2.34. The van der Waals surface area contributed by atoms with Crippen molar-refractivity contribution in [3.63, 3.8) is 0 Å². The highest BCUT2D eigenvalue weighted by Crippen LogP contribution is 2.33. The average Bonchev–Trinajstić information content (AvgIpc) is 2.62. The van der Waals surface area contributed by atoms with Gasteiger partial charge in [0, 0.05) is 12.0 Å². The largest absolute Gasteiger partial charge is 0.330 e. The topological polar surface area (TPSA) is 56.7 Å². The van der Waals surface area contributed by atoms with Gasteiger partial charge in [0.05, 0.1) is 11.4 Å². The van der Waals surface area contributed by atoms with Crippen LogP contribution in [0.25, 0.3) is 0 Å². The molecule has 4 heteroatoms. The highest BCUT2D eigenvalue weighted by atomic mass is 15.4. The third-order valence-corrected chi connectivity index (χ3v) is 3.16. The average molecular weight is 208 g/mol. The van der Waals surface area contributed by atoms with Crippen LogP contribution in [0.3, 0.4) is 0 Å². The SMILES string of the molecule is CC(C)n1nnc2c1C(CCN)CCC2. The first-order valence-electron chi connectivity index (χ1n) is 5.88. The number of aromatic nitrogens is 3. The summed E-state index contributed by atoms with van der Waals surface area (Å²) in [5, 5.41) is 8.54. The highest BCUT2D eigenvalue weighted by molar-refractivity contribution is 5.19. The lowest BCUT2D eigenvalue weighted by Crippen LogP contribution is -2.18. The fourth-order valence-electron chi connectivity index (χ4n) is 2.45. The molecule has 0 spiro atoms. The van der Waals surface area contributed by atoms with Gasteiger partial charge in [-0.2, -0.15) is 0 Å². The quantitative estimate of drug-likeness (QED) is 0.821. The van der Waals surface area contributed by atoms with Gasteiger partial charge in [-0.1, -0.05) is 5.21 Å². The van der Waals surface area contributed by atoms with Gasteiger partial charge in [0.25, 0.3) is 0 Å². The third kappa shape index (κ3) is 1.91. The van der Waals surface area contributed by atoms with Crippen molar-refractivity contribution in [3.8, 4) is 0 Å². The highest BCUT2D eigenvalue weighted by Gasteiger charge is 2.26. The second-order valence-corrected chi connectivity index (χ2v) is 4.63. The second-order valence-electron chi connectivity index (χ2n) is 4.63. The zero-order valence-electron chi connectivity index (χ0n) is 9.61. The molecule has 0 amide bonds. The van der Waals surface area contributed by atoms with Crippen LogP contribution in [0.2, 0.25) is 0 Å². The molecular weight excluding hydrogens is 188 g/mol. The lowest BCUT2D eigenvalue weighted by atomic mass is 9.87. The van der Waals surface area contributed by atoms with Crippen molar-refractivity contribution >= 4 is 0 Å². The van der Waals surface area contributed by atoms with E-state index in [0.717, 1.165) is 19.4 Å². The molecule has 1 unspecified atom stereocenters. The maximum Gasteiger partial charge on any atom is 0.0862 e. The predicted octanol–water partition coefficient (Wildman–Crippen LogP) is 1.63. The molecule has 1 aromatic rings. The van der Waals surface area contributed by atoms with E-state index in [1.54, 1.807) is 0 Å². The molecule has 4 nitrogen and oxygen atoms in total. The molecule has 84 valence electrons. The van der Waals surface area contributed by atoms with E-state index in [1.807, 2.05) is 0 Å². The zero-order chi connectivity index (χ0) is 10.8. The number of nitrogens with zero attached hydrogens (tertiary/aromatic N) is 3. The first kappa shape index (κ1) is 10.6. The van der Waals surface area contributed by atoms with Crippen LogP contribution >= 0.6 is 0 Å². The summed E-state index contributed by atoms with van der Waals surface area (Å²) in [6, 6.07) is 0.402. The van der Waals surface area contributed by atoms with E-state index in [2.05, 4.69) is 28.8 Å². The molecule has 1 atom stereocenters. The van der Waals surface area contributed by atoms with Crippen molar-refractivity contribution in [1.29, 1.82) is 0 Å². The van der Waals surface area contributed by atoms with Crippen molar-refractivity contribution in [1.82, 2.24) is 15.0 Å². The summed E-state index contributed by atoms with van der Waals surface area (Å²) in [4.78, 5) is 0. The Morgan fingerprint density at radius 1 is 1.53 bits per heavy atom. The summed E-state index contributed by atoms with van der Waals surface area (Å²) in [7, 11) is 0. The van der Waals surface area contributed by atoms with E-state index < -0.39 is 0 Å². The molecule has 15 heavy (non-hydrogen) atoms. The van der Waals surface area contributed by atoms with Crippen molar-refractivity contribution in [2.75, 3.05) is 6.54 Å². The van der Waals surface area contributed by atoms with Crippen LogP contribution in [-0.2, 0) is 6.42 Å². The van der Waals surface area contributed by atoms with Crippen LogP contribution in [0.1, 0.15) is 56.5 Å². The molecule has 2 N–H and O–H groups in total. The van der Waals surface area contributed by atoms with Gasteiger partial charge >= 0.3 is 0 Å². The van der Waals surface area contributed by atoms with Crippen LogP contribution in [-0.4, -0.2) is 21.5 Å².